The second-order valence-electron chi connectivity index (χ2n) is 7.86. The summed E-state index contributed by atoms with van der Waals surface area (Å²) in [5.41, 5.74) is 3.08. The zero-order chi connectivity index (χ0) is 23.2. The van der Waals surface area contributed by atoms with E-state index in [9.17, 15) is 4.79 Å². The normalized spacial score (nSPS) is 14.2. The van der Waals surface area contributed by atoms with E-state index < -0.39 is 0 Å². The molecule has 170 valence electrons. The molecule has 0 aromatic heterocycles. The van der Waals surface area contributed by atoms with Crippen molar-refractivity contribution in [2.24, 2.45) is 0 Å². The molecule has 0 atom stereocenters. The summed E-state index contributed by atoms with van der Waals surface area (Å²) >= 11 is 8.99. The number of carbonyl (C=O) groups excluding carboxylic acids is 1. The molecule has 1 aliphatic rings. The molecule has 1 N–H and O–H groups in total. The second-order valence-corrected chi connectivity index (χ2v) is 9.10. The number of thiocarbonyl (C=S) groups is 1. The topological polar surface area (TPSA) is 44.8 Å². The van der Waals surface area contributed by atoms with Gasteiger partial charge in [0.05, 0.1) is 17.6 Å². The van der Waals surface area contributed by atoms with E-state index >= 15 is 0 Å². The van der Waals surface area contributed by atoms with Gasteiger partial charge < -0.3 is 9.64 Å². The van der Waals surface area contributed by atoms with Crippen LogP contribution in [0.5, 0.6) is 5.75 Å². The molecule has 33 heavy (non-hydrogen) atoms. The van der Waals surface area contributed by atoms with Crippen LogP contribution in [0.25, 0.3) is 0 Å². The summed E-state index contributed by atoms with van der Waals surface area (Å²) in [5, 5.41) is 3.34. The van der Waals surface area contributed by atoms with Crippen LogP contribution in [-0.4, -0.2) is 54.1 Å². The van der Waals surface area contributed by atoms with Crippen LogP contribution in [0.1, 0.15) is 27.5 Å². The van der Waals surface area contributed by atoms with E-state index in [1.165, 1.54) is 11.1 Å². The Morgan fingerprint density at radius 3 is 2.03 bits per heavy atom. The Morgan fingerprint density at radius 2 is 1.52 bits per heavy atom. The highest BCUT2D eigenvalue weighted by atomic mass is 79.9. The average Bonchev–Trinajstić information content (AvgIpc) is 2.86. The number of nitrogens with zero attached hydrogens (tertiary/aromatic N) is 2. The number of benzene rings is 3. The molecule has 3 aromatic carbocycles. The van der Waals surface area contributed by atoms with E-state index in [-0.39, 0.29) is 11.9 Å². The SMILES string of the molecule is COc1ccc(C(=O)NC(=S)N2CCN(C(c3ccccc3)c3ccccc3)CC2)cc1Br. The third-order valence-electron chi connectivity index (χ3n) is 5.83. The maximum absolute atomic E-state index is 12.7. The zero-order valence-electron chi connectivity index (χ0n) is 18.4. The molecule has 0 spiro atoms. The lowest BCUT2D eigenvalue weighted by Gasteiger charge is -2.40. The number of ether oxygens (including phenoxy) is 1. The summed E-state index contributed by atoms with van der Waals surface area (Å²) in [6, 6.07) is 26.6. The van der Waals surface area contributed by atoms with Crippen LogP contribution in [-0.2, 0) is 0 Å². The van der Waals surface area contributed by atoms with Gasteiger partial charge in [-0.3, -0.25) is 15.0 Å². The Bertz CT molecular complexity index is 1060. The first-order valence-electron chi connectivity index (χ1n) is 10.8. The van der Waals surface area contributed by atoms with Gasteiger partial charge >= 0.3 is 0 Å². The molecule has 1 aliphatic heterocycles. The minimum Gasteiger partial charge on any atom is -0.496 e. The molecule has 1 heterocycles. The molecule has 1 saturated heterocycles. The van der Waals surface area contributed by atoms with Crippen molar-refractivity contribution in [2.75, 3.05) is 33.3 Å². The predicted molar refractivity (Wildman–Crippen MR) is 139 cm³/mol. The zero-order valence-corrected chi connectivity index (χ0v) is 20.8. The predicted octanol–water partition coefficient (Wildman–Crippen LogP) is 4.88. The van der Waals surface area contributed by atoms with E-state index in [0.29, 0.717) is 16.4 Å². The molecule has 7 heteroatoms. The first-order chi connectivity index (χ1) is 16.1. The monoisotopic (exact) mass is 523 g/mol. The molecular weight excluding hydrogens is 498 g/mol. The lowest BCUT2D eigenvalue weighted by molar-refractivity contribution is 0.0967. The molecule has 0 saturated carbocycles. The average molecular weight is 524 g/mol. The minimum atomic E-state index is -0.225. The summed E-state index contributed by atoms with van der Waals surface area (Å²) in [6.45, 7) is 3.19. The molecule has 4 rings (SSSR count). The van der Waals surface area contributed by atoms with Gasteiger partial charge in [0.15, 0.2) is 5.11 Å². The van der Waals surface area contributed by atoms with Crippen LogP contribution in [0.3, 0.4) is 0 Å². The van der Waals surface area contributed by atoms with Gasteiger partial charge in [-0.2, -0.15) is 0 Å². The van der Waals surface area contributed by atoms with Gasteiger partial charge in [0.2, 0.25) is 0 Å². The molecule has 1 fully saturated rings. The summed E-state index contributed by atoms with van der Waals surface area (Å²) in [5.74, 6) is 0.453. The number of amides is 1. The highest BCUT2D eigenvalue weighted by Crippen LogP contribution is 2.29. The fourth-order valence-corrected chi connectivity index (χ4v) is 4.94. The van der Waals surface area contributed by atoms with Crippen molar-refractivity contribution < 1.29 is 9.53 Å². The Labute approximate surface area is 208 Å². The second kappa shape index (κ2) is 10.9. The number of halogens is 1. The van der Waals surface area contributed by atoms with Crippen molar-refractivity contribution in [3.05, 3.63) is 100 Å². The maximum atomic E-state index is 12.7. The maximum Gasteiger partial charge on any atom is 0.257 e. The van der Waals surface area contributed by atoms with Gasteiger partial charge in [-0.1, -0.05) is 60.7 Å². The Balaban J connectivity index is 1.40. The number of hydrogen-bond donors (Lipinski definition) is 1. The van der Waals surface area contributed by atoms with Crippen LogP contribution >= 0.6 is 28.1 Å². The van der Waals surface area contributed by atoms with Gasteiger partial charge in [0.25, 0.3) is 5.91 Å². The molecule has 1 amide bonds. The number of hydrogen-bond acceptors (Lipinski definition) is 4. The first kappa shape index (κ1) is 23.4. The summed E-state index contributed by atoms with van der Waals surface area (Å²) < 4.78 is 5.96. The number of carbonyl (C=O) groups is 1. The molecule has 0 bridgehead atoms. The Morgan fingerprint density at radius 1 is 0.939 bits per heavy atom. The third kappa shape index (κ3) is 5.61. The van der Waals surface area contributed by atoms with Crippen LogP contribution in [0.2, 0.25) is 0 Å². The fourth-order valence-electron chi connectivity index (χ4n) is 4.12. The summed E-state index contributed by atoms with van der Waals surface area (Å²) in [6.07, 6.45) is 0. The highest BCUT2D eigenvalue weighted by molar-refractivity contribution is 9.10. The summed E-state index contributed by atoms with van der Waals surface area (Å²) in [7, 11) is 1.59. The van der Waals surface area contributed by atoms with Crippen LogP contribution in [0.4, 0.5) is 0 Å². The number of piperazine rings is 1. The van der Waals surface area contributed by atoms with Gasteiger partial charge in [-0.05, 0) is 57.5 Å². The third-order valence-corrected chi connectivity index (χ3v) is 6.81. The van der Waals surface area contributed by atoms with Crippen molar-refractivity contribution in [3.63, 3.8) is 0 Å². The van der Waals surface area contributed by atoms with Crippen molar-refractivity contribution in [2.45, 2.75) is 6.04 Å². The highest BCUT2D eigenvalue weighted by Gasteiger charge is 2.27. The summed E-state index contributed by atoms with van der Waals surface area (Å²) in [4.78, 5) is 17.2. The van der Waals surface area contributed by atoms with Crippen LogP contribution in [0, 0.1) is 0 Å². The smallest absolute Gasteiger partial charge is 0.257 e. The lowest BCUT2D eigenvalue weighted by atomic mass is 9.96. The van der Waals surface area contributed by atoms with Crippen molar-refractivity contribution >= 4 is 39.2 Å². The first-order valence-corrected chi connectivity index (χ1v) is 12.0. The lowest BCUT2D eigenvalue weighted by Crippen LogP contribution is -2.53. The molecule has 3 aromatic rings. The number of nitrogens with one attached hydrogen (secondary N) is 1. The minimum absolute atomic E-state index is 0.189. The van der Waals surface area contributed by atoms with Crippen LogP contribution < -0.4 is 10.1 Å². The van der Waals surface area contributed by atoms with E-state index in [1.54, 1.807) is 25.3 Å². The molecule has 5 nitrogen and oxygen atoms in total. The van der Waals surface area contributed by atoms with E-state index in [4.69, 9.17) is 17.0 Å². The largest absolute Gasteiger partial charge is 0.496 e. The van der Waals surface area contributed by atoms with E-state index in [0.717, 1.165) is 30.7 Å². The number of methoxy groups -OCH3 is 1. The van der Waals surface area contributed by atoms with Crippen molar-refractivity contribution in [1.29, 1.82) is 0 Å². The van der Waals surface area contributed by atoms with Gasteiger partial charge in [0, 0.05) is 31.7 Å². The van der Waals surface area contributed by atoms with Gasteiger partial charge in [-0.15, -0.1) is 0 Å². The van der Waals surface area contributed by atoms with Crippen LogP contribution in [0.15, 0.2) is 83.3 Å². The Kier molecular flexibility index (Phi) is 7.75. The van der Waals surface area contributed by atoms with Crippen molar-refractivity contribution in [1.82, 2.24) is 15.1 Å². The molecular formula is C26H26BrN3O2S. The molecule has 0 radical (unpaired) electrons. The standard InChI is InChI=1S/C26H26BrN3O2S/c1-32-23-13-12-21(18-22(23)27)25(31)28-26(33)30-16-14-29(15-17-30)24(19-8-4-2-5-9-19)20-10-6-3-7-11-20/h2-13,18,24H,14-17H2,1H3,(H,28,31,33). The molecule has 0 aliphatic carbocycles. The van der Waals surface area contributed by atoms with E-state index in [1.807, 2.05) is 12.1 Å². The number of rotatable bonds is 5. The van der Waals surface area contributed by atoms with E-state index in [2.05, 4.69) is 79.6 Å². The Hall–Kier alpha value is -2.74. The van der Waals surface area contributed by atoms with Gasteiger partial charge in [-0.25, -0.2) is 0 Å². The quantitative estimate of drug-likeness (QED) is 0.483. The molecule has 0 unspecified atom stereocenters. The van der Waals surface area contributed by atoms with Crippen molar-refractivity contribution in [3.8, 4) is 5.75 Å². The fraction of sp³-hybridized carbons (Fsp3) is 0.231. The van der Waals surface area contributed by atoms with Gasteiger partial charge in [0.1, 0.15) is 5.75 Å².